The van der Waals surface area contributed by atoms with E-state index in [0.29, 0.717) is 39.5 Å². The summed E-state index contributed by atoms with van der Waals surface area (Å²) in [6, 6.07) is 0. The Labute approximate surface area is 164 Å². The molecule has 4 N–H and O–H groups in total. The Bertz CT molecular complexity index is 285. The van der Waals surface area contributed by atoms with Crippen LogP contribution < -0.4 is 11.5 Å². The minimum absolute atomic E-state index is 0.0215. The van der Waals surface area contributed by atoms with Crippen LogP contribution in [0.3, 0.4) is 0 Å². The summed E-state index contributed by atoms with van der Waals surface area (Å²) in [5.41, 5.74) is 11.0. The second kappa shape index (κ2) is 19.0. The Morgan fingerprint density at radius 2 is 1.41 bits per heavy atom. The number of hydrogen-bond donors (Lipinski definition) is 2. The summed E-state index contributed by atoms with van der Waals surface area (Å²) in [4.78, 5) is 22.3. The maximum Gasteiger partial charge on any atom is 0.138 e. The van der Waals surface area contributed by atoms with Gasteiger partial charge in [-0.05, 0) is 26.7 Å². The third kappa shape index (κ3) is 18.8. The summed E-state index contributed by atoms with van der Waals surface area (Å²) in [7, 11) is 0. The van der Waals surface area contributed by atoms with Crippen LogP contribution in [-0.2, 0) is 29.0 Å². The van der Waals surface area contributed by atoms with Crippen molar-refractivity contribution in [2.24, 2.45) is 11.5 Å². The monoisotopic (exact) mass is 395 g/mol. The van der Waals surface area contributed by atoms with Gasteiger partial charge in [0.1, 0.15) is 12.5 Å². The molecule has 0 fully saturated rings. The van der Waals surface area contributed by atoms with Gasteiger partial charge in [0, 0.05) is 32.8 Å². The zero-order valence-electron chi connectivity index (χ0n) is 17.6. The van der Waals surface area contributed by atoms with Crippen molar-refractivity contribution < 1.29 is 29.0 Å². The molecule has 9 heteroatoms. The lowest BCUT2D eigenvalue weighted by Crippen LogP contribution is -2.41. The standard InChI is InChI=1S/C18H41N3O6/c1-5-7-11-23-18(15-22-10-6-2)14-21(8-12-24-26-16(3)19)9-13-25-27-17(4)20/h16-18H,5-15,19-20H2,1-4H3. The van der Waals surface area contributed by atoms with Crippen molar-refractivity contribution in [2.75, 3.05) is 52.7 Å². The molecule has 27 heavy (non-hydrogen) atoms. The highest BCUT2D eigenvalue weighted by Crippen LogP contribution is 2.03. The lowest BCUT2D eigenvalue weighted by molar-refractivity contribution is -0.325. The summed E-state index contributed by atoms with van der Waals surface area (Å²) in [5.74, 6) is 0. The van der Waals surface area contributed by atoms with Gasteiger partial charge in [0.2, 0.25) is 0 Å². The van der Waals surface area contributed by atoms with Crippen molar-refractivity contribution in [1.29, 1.82) is 0 Å². The van der Waals surface area contributed by atoms with Crippen LogP contribution in [0, 0.1) is 0 Å². The number of ether oxygens (including phenoxy) is 2. The molecule has 3 atom stereocenters. The molecule has 0 saturated heterocycles. The van der Waals surface area contributed by atoms with E-state index in [-0.39, 0.29) is 6.10 Å². The van der Waals surface area contributed by atoms with E-state index in [1.807, 2.05) is 0 Å². The molecule has 0 aromatic carbocycles. The summed E-state index contributed by atoms with van der Waals surface area (Å²) in [5, 5.41) is 0. The van der Waals surface area contributed by atoms with Gasteiger partial charge < -0.3 is 20.9 Å². The highest BCUT2D eigenvalue weighted by atomic mass is 17.2. The molecule has 0 bridgehead atoms. The molecule has 3 unspecified atom stereocenters. The Balaban J connectivity index is 4.47. The minimum atomic E-state index is -0.464. The van der Waals surface area contributed by atoms with Crippen molar-refractivity contribution in [2.45, 2.75) is 65.5 Å². The molecular formula is C18H41N3O6. The van der Waals surface area contributed by atoms with Crippen molar-refractivity contribution in [1.82, 2.24) is 4.90 Å². The summed E-state index contributed by atoms with van der Waals surface area (Å²) < 4.78 is 11.7. The first-order chi connectivity index (χ1) is 13.0. The molecule has 9 nitrogen and oxygen atoms in total. The van der Waals surface area contributed by atoms with E-state index in [1.54, 1.807) is 13.8 Å². The normalized spacial score (nSPS) is 15.2. The van der Waals surface area contributed by atoms with E-state index in [4.69, 9.17) is 40.5 Å². The molecule has 0 rings (SSSR count). The summed E-state index contributed by atoms with van der Waals surface area (Å²) >= 11 is 0. The fraction of sp³-hybridized carbons (Fsp3) is 1.00. The van der Waals surface area contributed by atoms with Gasteiger partial charge in [-0.1, -0.05) is 20.3 Å². The summed E-state index contributed by atoms with van der Waals surface area (Å²) in [6.07, 6.45) is 2.16. The molecule has 164 valence electrons. The zero-order chi connectivity index (χ0) is 20.3. The van der Waals surface area contributed by atoms with Crippen molar-refractivity contribution in [3.63, 3.8) is 0 Å². The van der Waals surface area contributed by atoms with Gasteiger partial charge in [-0.2, -0.15) is 0 Å². The van der Waals surface area contributed by atoms with Gasteiger partial charge in [0.15, 0.2) is 0 Å². The lowest BCUT2D eigenvalue weighted by atomic mass is 10.3. The Morgan fingerprint density at radius 3 is 1.89 bits per heavy atom. The lowest BCUT2D eigenvalue weighted by Gasteiger charge is -2.27. The van der Waals surface area contributed by atoms with Gasteiger partial charge in [-0.25, -0.2) is 19.6 Å². The molecule has 0 aliphatic carbocycles. The van der Waals surface area contributed by atoms with Crippen LogP contribution in [0.5, 0.6) is 0 Å². The van der Waals surface area contributed by atoms with E-state index < -0.39 is 12.5 Å². The Morgan fingerprint density at radius 1 is 0.815 bits per heavy atom. The SMILES string of the molecule is CCCCOC(COCCC)CN(CCOOC(C)N)CCOOC(C)N. The molecule has 0 heterocycles. The molecule has 0 amide bonds. The quantitative estimate of drug-likeness (QED) is 0.137. The highest BCUT2D eigenvalue weighted by Gasteiger charge is 2.16. The average Bonchev–Trinajstić information content (AvgIpc) is 2.61. The number of rotatable bonds is 20. The number of nitrogens with zero attached hydrogens (tertiary/aromatic N) is 1. The van der Waals surface area contributed by atoms with E-state index in [1.165, 1.54) is 0 Å². The Hall–Kier alpha value is -0.360. The first-order valence-electron chi connectivity index (χ1n) is 9.98. The van der Waals surface area contributed by atoms with Crippen LogP contribution in [0.2, 0.25) is 0 Å². The van der Waals surface area contributed by atoms with Crippen LogP contribution >= 0.6 is 0 Å². The molecule has 0 spiro atoms. The van der Waals surface area contributed by atoms with Crippen LogP contribution in [0.4, 0.5) is 0 Å². The van der Waals surface area contributed by atoms with Crippen molar-refractivity contribution >= 4 is 0 Å². The topological polar surface area (TPSA) is 111 Å². The fourth-order valence-electron chi connectivity index (χ4n) is 2.13. The van der Waals surface area contributed by atoms with Gasteiger partial charge in [0.25, 0.3) is 0 Å². The maximum absolute atomic E-state index is 6.00. The second-order valence-corrected chi connectivity index (χ2v) is 6.47. The number of hydrogen-bond acceptors (Lipinski definition) is 9. The summed E-state index contributed by atoms with van der Waals surface area (Å²) in [6.45, 7) is 12.4. The predicted molar refractivity (Wildman–Crippen MR) is 104 cm³/mol. The van der Waals surface area contributed by atoms with Crippen LogP contribution in [0.25, 0.3) is 0 Å². The second-order valence-electron chi connectivity index (χ2n) is 6.47. The molecule has 0 radical (unpaired) electrons. The van der Waals surface area contributed by atoms with Crippen LogP contribution in [-0.4, -0.2) is 76.1 Å². The van der Waals surface area contributed by atoms with Crippen LogP contribution in [0.15, 0.2) is 0 Å². The third-order valence-corrected chi connectivity index (χ3v) is 3.39. The number of nitrogens with two attached hydrogens (primary N) is 2. The first-order valence-corrected chi connectivity index (χ1v) is 9.98. The maximum atomic E-state index is 6.00. The minimum Gasteiger partial charge on any atom is -0.379 e. The third-order valence-electron chi connectivity index (χ3n) is 3.39. The smallest absolute Gasteiger partial charge is 0.138 e. The van der Waals surface area contributed by atoms with Gasteiger partial charge >= 0.3 is 0 Å². The van der Waals surface area contributed by atoms with Crippen molar-refractivity contribution in [3.8, 4) is 0 Å². The first kappa shape index (κ1) is 26.6. The molecule has 0 saturated carbocycles. The highest BCUT2D eigenvalue weighted by molar-refractivity contribution is 4.66. The van der Waals surface area contributed by atoms with Gasteiger partial charge in [-0.3, -0.25) is 4.90 Å². The number of unbranched alkanes of at least 4 members (excludes halogenated alkanes) is 1. The van der Waals surface area contributed by atoms with E-state index in [2.05, 4.69) is 18.7 Å². The van der Waals surface area contributed by atoms with E-state index in [0.717, 1.165) is 32.5 Å². The molecule has 0 aliphatic rings. The van der Waals surface area contributed by atoms with Crippen molar-refractivity contribution in [3.05, 3.63) is 0 Å². The molecule has 0 aliphatic heterocycles. The van der Waals surface area contributed by atoms with Gasteiger partial charge in [0.05, 0.1) is 25.9 Å². The average molecular weight is 396 g/mol. The largest absolute Gasteiger partial charge is 0.379 e. The van der Waals surface area contributed by atoms with Gasteiger partial charge in [-0.15, -0.1) is 0 Å². The molecular weight excluding hydrogens is 354 g/mol. The molecule has 0 aromatic heterocycles. The van der Waals surface area contributed by atoms with E-state index in [9.17, 15) is 0 Å². The Kier molecular flexibility index (Phi) is 18.7. The van der Waals surface area contributed by atoms with Crippen LogP contribution in [0.1, 0.15) is 47.0 Å². The van der Waals surface area contributed by atoms with E-state index >= 15 is 0 Å². The predicted octanol–water partition coefficient (Wildman–Crippen LogP) is 1.41. The zero-order valence-corrected chi connectivity index (χ0v) is 17.6. The fourth-order valence-corrected chi connectivity index (χ4v) is 2.13. The molecule has 0 aromatic rings.